The molecule has 0 spiro atoms. The summed E-state index contributed by atoms with van der Waals surface area (Å²) in [4.78, 5) is 26.3. The van der Waals surface area contributed by atoms with E-state index in [0.717, 1.165) is 6.26 Å². The summed E-state index contributed by atoms with van der Waals surface area (Å²) in [6, 6.07) is 14.5. The lowest BCUT2D eigenvalue weighted by Gasteiger charge is -2.14. The highest BCUT2D eigenvalue weighted by atomic mass is 32.2. The second kappa shape index (κ2) is 9.96. The van der Waals surface area contributed by atoms with Gasteiger partial charge in [-0.2, -0.15) is 0 Å². The Kier molecular flexibility index (Phi) is 7.08. The third-order valence-corrected chi connectivity index (χ3v) is 5.02. The molecular formula is C21H22N6O5S. The van der Waals surface area contributed by atoms with Gasteiger partial charge in [0.2, 0.25) is 15.9 Å². The zero-order chi connectivity index (χ0) is 24.0. The maximum absolute atomic E-state index is 11.4. The maximum Gasteiger partial charge on any atom is 0.269 e. The van der Waals surface area contributed by atoms with Crippen molar-refractivity contribution in [1.82, 2.24) is 4.98 Å². The van der Waals surface area contributed by atoms with Crippen molar-refractivity contribution in [3.63, 3.8) is 0 Å². The fraction of sp³-hybridized carbons (Fsp3) is 0.143. The molecule has 5 N–H and O–H groups in total. The van der Waals surface area contributed by atoms with Gasteiger partial charge in [-0.15, -0.1) is 0 Å². The quantitative estimate of drug-likeness (QED) is 0.259. The number of amides is 1. The van der Waals surface area contributed by atoms with Crippen LogP contribution < -0.4 is 21.1 Å². The van der Waals surface area contributed by atoms with Crippen molar-refractivity contribution in [2.45, 2.75) is 13.0 Å². The number of carbonyl (C=O) groups is 1. The Morgan fingerprint density at radius 2 is 1.82 bits per heavy atom. The van der Waals surface area contributed by atoms with Gasteiger partial charge in [0.05, 0.1) is 17.6 Å². The fourth-order valence-corrected chi connectivity index (χ4v) is 3.57. The number of primary amides is 1. The maximum atomic E-state index is 11.4. The lowest BCUT2D eigenvalue weighted by Crippen LogP contribution is -2.15. The average molecular weight is 471 g/mol. The lowest BCUT2D eigenvalue weighted by atomic mass is 10.1. The van der Waals surface area contributed by atoms with Crippen LogP contribution in [-0.2, 0) is 27.8 Å². The molecule has 0 aliphatic rings. The van der Waals surface area contributed by atoms with Crippen molar-refractivity contribution in [1.29, 1.82) is 0 Å². The van der Waals surface area contributed by atoms with E-state index in [1.54, 1.807) is 42.5 Å². The number of rotatable bonds is 10. The minimum absolute atomic E-state index is 0.0162. The molecular weight excluding hydrogens is 448 g/mol. The molecule has 0 fully saturated rings. The molecule has 33 heavy (non-hydrogen) atoms. The van der Waals surface area contributed by atoms with Crippen molar-refractivity contribution < 1.29 is 18.1 Å². The highest BCUT2D eigenvalue weighted by Gasteiger charge is 2.11. The van der Waals surface area contributed by atoms with Gasteiger partial charge in [-0.05, 0) is 29.8 Å². The third-order valence-electron chi connectivity index (χ3n) is 4.42. The van der Waals surface area contributed by atoms with Crippen LogP contribution >= 0.6 is 0 Å². The number of hydrogen-bond donors (Lipinski definition) is 4. The van der Waals surface area contributed by atoms with Gasteiger partial charge >= 0.3 is 0 Å². The monoisotopic (exact) mass is 470 g/mol. The van der Waals surface area contributed by atoms with Crippen molar-refractivity contribution in [2.24, 2.45) is 5.73 Å². The molecule has 0 radical (unpaired) electrons. The first-order valence-electron chi connectivity index (χ1n) is 9.68. The van der Waals surface area contributed by atoms with Gasteiger partial charge in [0.15, 0.2) is 0 Å². The number of carbonyl (C=O) groups excluding carboxylic acids is 1. The molecule has 0 saturated carbocycles. The number of nitro benzene ring substituents is 1. The molecule has 1 heterocycles. The average Bonchev–Trinajstić information content (AvgIpc) is 2.74. The zero-order valence-electron chi connectivity index (χ0n) is 17.6. The van der Waals surface area contributed by atoms with Gasteiger partial charge in [-0.1, -0.05) is 12.1 Å². The standard InChI is InChI=1S/C21H22N6O5S/c1-33(31,32)26-17-7-5-16(6-8-17)25-21-11-19(15(13-24-21)10-20(22)28)23-12-14-3-2-4-18(9-14)27(29)30/h2-9,11,13,26H,10,12H2,1H3,(H2,22,28)(H2,23,24,25). The number of non-ortho nitro benzene ring substituents is 1. The second-order valence-corrected chi connectivity index (χ2v) is 8.98. The van der Waals surface area contributed by atoms with Crippen LogP contribution in [0.2, 0.25) is 0 Å². The van der Waals surface area contributed by atoms with Crippen LogP contribution in [0.15, 0.2) is 60.8 Å². The van der Waals surface area contributed by atoms with Crippen LogP contribution in [0.25, 0.3) is 0 Å². The minimum Gasteiger partial charge on any atom is -0.381 e. The summed E-state index contributed by atoms with van der Waals surface area (Å²) in [6.45, 7) is 0.281. The molecule has 1 aromatic heterocycles. The molecule has 3 aromatic rings. The normalized spacial score (nSPS) is 10.9. The molecule has 3 rings (SSSR count). The van der Waals surface area contributed by atoms with E-state index in [0.29, 0.717) is 34.0 Å². The number of nitro groups is 1. The van der Waals surface area contributed by atoms with Crippen molar-refractivity contribution in [2.75, 3.05) is 21.6 Å². The van der Waals surface area contributed by atoms with E-state index in [9.17, 15) is 23.3 Å². The third kappa shape index (κ3) is 7.18. The summed E-state index contributed by atoms with van der Waals surface area (Å²) >= 11 is 0. The summed E-state index contributed by atoms with van der Waals surface area (Å²) in [7, 11) is -3.37. The smallest absolute Gasteiger partial charge is 0.269 e. The second-order valence-electron chi connectivity index (χ2n) is 7.23. The van der Waals surface area contributed by atoms with Crippen molar-refractivity contribution in [3.05, 3.63) is 82.0 Å². The Morgan fingerprint density at radius 3 is 2.45 bits per heavy atom. The van der Waals surface area contributed by atoms with E-state index in [4.69, 9.17) is 5.73 Å². The number of pyridine rings is 1. The van der Waals surface area contributed by atoms with E-state index in [-0.39, 0.29) is 18.7 Å². The number of anilines is 4. The van der Waals surface area contributed by atoms with Gasteiger partial charge in [-0.25, -0.2) is 13.4 Å². The number of sulfonamides is 1. The molecule has 172 valence electrons. The Morgan fingerprint density at radius 1 is 1.12 bits per heavy atom. The molecule has 0 aliphatic carbocycles. The number of aromatic nitrogens is 1. The van der Waals surface area contributed by atoms with Crippen molar-refractivity contribution >= 4 is 44.5 Å². The highest BCUT2D eigenvalue weighted by Crippen LogP contribution is 2.24. The molecule has 0 atom stereocenters. The first-order chi connectivity index (χ1) is 15.6. The Bertz CT molecular complexity index is 1280. The molecule has 0 saturated heterocycles. The first kappa shape index (κ1) is 23.5. The number of benzene rings is 2. The van der Waals surface area contributed by atoms with Gasteiger partial charge in [0, 0.05) is 53.6 Å². The van der Waals surface area contributed by atoms with Crippen LogP contribution in [0, 0.1) is 10.1 Å². The van der Waals surface area contributed by atoms with Gasteiger partial charge in [0.1, 0.15) is 5.82 Å². The number of nitrogens with zero attached hydrogens (tertiary/aromatic N) is 2. The molecule has 12 heteroatoms. The van der Waals surface area contributed by atoms with Crippen LogP contribution in [0.5, 0.6) is 0 Å². The summed E-state index contributed by atoms with van der Waals surface area (Å²) in [6.07, 6.45) is 2.55. The summed E-state index contributed by atoms with van der Waals surface area (Å²) in [5.74, 6) is -0.0570. The van der Waals surface area contributed by atoms with E-state index < -0.39 is 20.9 Å². The molecule has 2 aromatic carbocycles. The highest BCUT2D eigenvalue weighted by molar-refractivity contribution is 7.92. The van der Waals surface area contributed by atoms with Crippen LogP contribution in [0.1, 0.15) is 11.1 Å². The van der Waals surface area contributed by atoms with E-state index in [1.165, 1.54) is 18.3 Å². The largest absolute Gasteiger partial charge is 0.381 e. The molecule has 11 nitrogen and oxygen atoms in total. The summed E-state index contributed by atoms with van der Waals surface area (Å²) in [5, 5.41) is 17.3. The Balaban J connectivity index is 1.78. The fourth-order valence-electron chi connectivity index (χ4n) is 3.01. The molecule has 0 aliphatic heterocycles. The Labute approximate surface area is 190 Å². The summed E-state index contributed by atoms with van der Waals surface area (Å²) in [5.41, 5.74) is 8.26. The number of nitrogens with one attached hydrogen (secondary N) is 3. The van der Waals surface area contributed by atoms with Gasteiger partial charge < -0.3 is 16.4 Å². The molecule has 0 bridgehead atoms. The van der Waals surface area contributed by atoms with Gasteiger partial charge in [-0.3, -0.25) is 19.6 Å². The van der Waals surface area contributed by atoms with Gasteiger partial charge in [0.25, 0.3) is 5.69 Å². The van der Waals surface area contributed by atoms with Crippen LogP contribution in [0.3, 0.4) is 0 Å². The minimum atomic E-state index is -3.37. The SMILES string of the molecule is CS(=O)(=O)Nc1ccc(Nc2cc(NCc3cccc([N+](=O)[O-])c3)c(CC(N)=O)cn2)cc1. The lowest BCUT2D eigenvalue weighted by molar-refractivity contribution is -0.384. The van der Waals surface area contributed by atoms with Crippen LogP contribution in [-0.4, -0.2) is 30.5 Å². The van der Waals surface area contributed by atoms with E-state index in [1.807, 2.05) is 0 Å². The number of nitrogens with two attached hydrogens (primary N) is 1. The van der Waals surface area contributed by atoms with E-state index in [2.05, 4.69) is 20.3 Å². The number of hydrogen-bond acceptors (Lipinski definition) is 8. The van der Waals surface area contributed by atoms with Crippen molar-refractivity contribution in [3.8, 4) is 0 Å². The molecule has 0 unspecified atom stereocenters. The van der Waals surface area contributed by atoms with Crippen LogP contribution in [0.4, 0.5) is 28.6 Å². The predicted octanol–water partition coefficient (Wildman–Crippen LogP) is 2.74. The first-order valence-corrected chi connectivity index (χ1v) is 11.6. The molecule has 1 amide bonds. The predicted molar refractivity (Wildman–Crippen MR) is 126 cm³/mol. The summed E-state index contributed by atoms with van der Waals surface area (Å²) < 4.78 is 25.0. The topological polar surface area (TPSA) is 169 Å². The zero-order valence-corrected chi connectivity index (χ0v) is 18.4. The Hall–Kier alpha value is -4.19. The van der Waals surface area contributed by atoms with E-state index >= 15 is 0 Å².